The van der Waals surface area contributed by atoms with Crippen molar-refractivity contribution in [3.63, 3.8) is 0 Å². The number of aliphatic hydroxyl groups excluding tert-OH is 5. The van der Waals surface area contributed by atoms with Gasteiger partial charge in [-0.05, 0) is 36.5 Å². The van der Waals surface area contributed by atoms with Gasteiger partial charge in [-0.1, -0.05) is 13.0 Å². The van der Waals surface area contributed by atoms with Crippen LogP contribution in [0.5, 0.6) is 11.5 Å². The van der Waals surface area contributed by atoms with Gasteiger partial charge in [-0.3, -0.25) is 0 Å². The molecule has 1 aliphatic carbocycles. The quantitative estimate of drug-likeness (QED) is 0.259. The van der Waals surface area contributed by atoms with Gasteiger partial charge in [0.15, 0.2) is 17.8 Å². The molecule has 9 atom stereocenters. The van der Waals surface area contributed by atoms with Crippen LogP contribution in [0.25, 0.3) is 0 Å². The molecule has 0 radical (unpaired) electrons. The average molecular weight is 444 g/mol. The molecular formula is C21H32O10. The molecule has 1 saturated heterocycles. The van der Waals surface area contributed by atoms with Crippen LogP contribution in [0.3, 0.4) is 0 Å². The van der Waals surface area contributed by atoms with Crippen LogP contribution in [0.1, 0.15) is 25.3 Å². The molecule has 1 aliphatic heterocycles. The second-order valence-corrected chi connectivity index (χ2v) is 8.38. The molecule has 0 spiro atoms. The summed E-state index contributed by atoms with van der Waals surface area (Å²) < 4.78 is 17.1. The highest BCUT2D eigenvalue weighted by atomic mass is 16.7. The van der Waals surface area contributed by atoms with Gasteiger partial charge in [0.1, 0.15) is 18.3 Å². The zero-order valence-corrected chi connectivity index (χ0v) is 17.3. The van der Waals surface area contributed by atoms with Gasteiger partial charge in [-0.25, -0.2) is 0 Å². The Bertz CT molecular complexity index is 715. The zero-order valence-electron chi connectivity index (χ0n) is 17.3. The van der Waals surface area contributed by atoms with Gasteiger partial charge in [0.25, 0.3) is 0 Å². The Balaban J connectivity index is 1.59. The maximum absolute atomic E-state index is 10.7. The number of aromatic hydroxyl groups is 2. The molecule has 1 aromatic rings. The molecule has 1 heterocycles. The Morgan fingerprint density at radius 2 is 1.65 bits per heavy atom. The third-order valence-corrected chi connectivity index (χ3v) is 6.02. The molecule has 7 N–H and O–H groups in total. The third-order valence-electron chi connectivity index (χ3n) is 6.02. The van der Waals surface area contributed by atoms with Gasteiger partial charge < -0.3 is 50.0 Å². The van der Waals surface area contributed by atoms with E-state index < -0.39 is 49.0 Å². The van der Waals surface area contributed by atoms with Gasteiger partial charge >= 0.3 is 0 Å². The number of hydrogen-bond acceptors (Lipinski definition) is 10. The topological polar surface area (TPSA) is 169 Å². The highest BCUT2D eigenvalue weighted by Gasteiger charge is 2.45. The maximum atomic E-state index is 10.7. The monoisotopic (exact) mass is 444 g/mol. The first-order valence-electron chi connectivity index (χ1n) is 10.5. The fraction of sp³-hybridized carbons (Fsp3) is 0.714. The second kappa shape index (κ2) is 10.4. The standard InChI is InChI=1S/C21H32O10/c1-10-6-15(18(26)20(28)17(10)25)31-16-8-12(9-22)30-21(19(16)27)29-5-4-11-2-3-13(23)14(24)7-11/h2-3,7,10,12,15-28H,4-6,8-9H2,1H3. The van der Waals surface area contributed by atoms with Crippen molar-refractivity contribution in [3.8, 4) is 11.5 Å². The predicted molar refractivity (Wildman–Crippen MR) is 106 cm³/mol. The molecule has 9 unspecified atom stereocenters. The SMILES string of the molecule is CC1CC(OC2CC(CO)OC(OCCc3ccc(O)c(O)c3)C2O)C(O)C(O)C1O. The van der Waals surface area contributed by atoms with Crippen molar-refractivity contribution >= 4 is 0 Å². The van der Waals surface area contributed by atoms with E-state index in [4.69, 9.17) is 14.2 Å². The summed E-state index contributed by atoms with van der Waals surface area (Å²) in [5.41, 5.74) is 0.707. The highest BCUT2D eigenvalue weighted by molar-refractivity contribution is 5.40. The Labute approximate surface area is 180 Å². The van der Waals surface area contributed by atoms with E-state index in [-0.39, 0.29) is 37.1 Å². The van der Waals surface area contributed by atoms with Crippen LogP contribution in [0.2, 0.25) is 0 Å². The van der Waals surface area contributed by atoms with Crippen molar-refractivity contribution < 1.29 is 50.0 Å². The van der Waals surface area contributed by atoms with E-state index in [0.29, 0.717) is 18.4 Å². The molecule has 2 fully saturated rings. The minimum absolute atomic E-state index is 0.130. The van der Waals surface area contributed by atoms with Crippen molar-refractivity contribution in [3.05, 3.63) is 23.8 Å². The van der Waals surface area contributed by atoms with Crippen molar-refractivity contribution in [1.82, 2.24) is 0 Å². The molecule has 10 heteroatoms. The van der Waals surface area contributed by atoms with Crippen LogP contribution >= 0.6 is 0 Å². The molecule has 1 aromatic carbocycles. The van der Waals surface area contributed by atoms with Gasteiger partial charge in [0.05, 0.1) is 37.6 Å². The van der Waals surface area contributed by atoms with Crippen molar-refractivity contribution in [2.24, 2.45) is 5.92 Å². The second-order valence-electron chi connectivity index (χ2n) is 8.38. The smallest absolute Gasteiger partial charge is 0.186 e. The lowest BCUT2D eigenvalue weighted by molar-refractivity contribution is -0.291. The van der Waals surface area contributed by atoms with Crippen LogP contribution in [-0.2, 0) is 20.6 Å². The Morgan fingerprint density at radius 1 is 0.935 bits per heavy atom. The van der Waals surface area contributed by atoms with Crippen molar-refractivity contribution in [2.75, 3.05) is 13.2 Å². The van der Waals surface area contributed by atoms with Gasteiger partial charge in [0, 0.05) is 6.42 Å². The molecule has 0 amide bonds. The van der Waals surface area contributed by atoms with Gasteiger partial charge in [-0.15, -0.1) is 0 Å². The van der Waals surface area contributed by atoms with E-state index in [2.05, 4.69) is 0 Å². The molecule has 176 valence electrons. The zero-order chi connectivity index (χ0) is 22.7. The van der Waals surface area contributed by atoms with Gasteiger partial charge in [0.2, 0.25) is 0 Å². The fourth-order valence-electron chi connectivity index (χ4n) is 4.07. The number of phenols is 2. The Morgan fingerprint density at radius 3 is 2.32 bits per heavy atom. The average Bonchev–Trinajstić information content (AvgIpc) is 2.75. The Hall–Kier alpha value is -1.50. The molecule has 0 aromatic heterocycles. The molecule has 10 nitrogen and oxygen atoms in total. The normalized spacial score (nSPS) is 38.8. The summed E-state index contributed by atoms with van der Waals surface area (Å²) in [6.07, 6.45) is -7.45. The van der Waals surface area contributed by atoms with Crippen LogP contribution < -0.4 is 0 Å². The van der Waals surface area contributed by atoms with E-state index in [0.717, 1.165) is 0 Å². The summed E-state index contributed by atoms with van der Waals surface area (Å²) in [6.45, 7) is 1.55. The van der Waals surface area contributed by atoms with Crippen LogP contribution in [0.4, 0.5) is 0 Å². The summed E-state index contributed by atoms with van der Waals surface area (Å²) in [7, 11) is 0. The number of ether oxygens (including phenoxy) is 3. The lowest BCUT2D eigenvalue weighted by Gasteiger charge is -2.44. The first-order chi connectivity index (χ1) is 14.7. The summed E-state index contributed by atoms with van der Waals surface area (Å²) >= 11 is 0. The maximum Gasteiger partial charge on any atom is 0.186 e. The summed E-state index contributed by atoms with van der Waals surface area (Å²) in [4.78, 5) is 0. The van der Waals surface area contributed by atoms with E-state index in [1.165, 1.54) is 12.1 Å². The fourth-order valence-corrected chi connectivity index (χ4v) is 4.07. The van der Waals surface area contributed by atoms with Crippen molar-refractivity contribution in [1.29, 1.82) is 0 Å². The van der Waals surface area contributed by atoms with Crippen molar-refractivity contribution in [2.45, 2.75) is 75.2 Å². The molecule has 0 bridgehead atoms. The van der Waals surface area contributed by atoms with Crippen LogP contribution in [0, 0.1) is 5.92 Å². The predicted octanol–water partition coefficient (Wildman–Crippen LogP) is -0.999. The minimum Gasteiger partial charge on any atom is -0.504 e. The first-order valence-corrected chi connectivity index (χ1v) is 10.5. The minimum atomic E-state index is -1.35. The number of phenolic OH excluding ortho intramolecular Hbond substituents is 2. The molecule has 1 saturated carbocycles. The summed E-state index contributed by atoms with van der Waals surface area (Å²) in [6, 6.07) is 4.40. The Kier molecular flexibility index (Phi) is 8.11. The lowest BCUT2D eigenvalue weighted by atomic mass is 9.81. The highest BCUT2D eigenvalue weighted by Crippen LogP contribution is 2.32. The number of rotatable bonds is 7. The van der Waals surface area contributed by atoms with Crippen LogP contribution in [0.15, 0.2) is 18.2 Å². The number of hydrogen-bond donors (Lipinski definition) is 7. The summed E-state index contributed by atoms with van der Waals surface area (Å²) in [5.74, 6) is -0.769. The van der Waals surface area contributed by atoms with Crippen LogP contribution in [-0.4, -0.2) is 98.0 Å². The number of aliphatic hydroxyl groups is 5. The van der Waals surface area contributed by atoms with Gasteiger partial charge in [-0.2, -0.15) is 0 Å². The molecule has 2 aliphatic rings. The number of benzene rings is 1. The van der Waals surface area contributed by atoms with E-state index in [1.54, 1.807) is 13.0 Å². The van der Waals surface area contributed by atoms with E-state index in [9.17, 15) is 35.7 Å². The molecular weight excluding hydrogens is 412 g/mol. The van der Waals surface area contributed by atoms with E-state index >= 15 is 0 Å². The first kappa shape index (κ1) is 24.1. The van der Waals surface area contributed by atoms with E-state index in [1.807, 2.05) is 0 Å². The largest absolute Gasteiger partial charge is 0.504 e. The molecule has 3 rings (SSSR count). The lowest BCUT2D eigenvalue weighted by Crippen LogP contribution is -2.58. The third kappa shape index (κ3) is 5.65. The molecule has 31 heavy (non-hydrogen) atoms. The summed E-state index contributed by atoms with van der Waals surface area (Å²) in [5, 5.41) is 69.4.